The fourth-order valence-electron chi connectivity index (χ4n) is 3.27. The largest absolute Gasteiger partial charge is 0.481 e. The van der Waals surface area contributed by atoms with Crippen LogP contribution in [0.4, 0.5) is 4.79 Å². The molecule has 114 valence electrons. The van der Waals surface area contributed by atoms with Gasteiger partial charge < -0.3 is 14.9 Å². The third-order valence-electron chi connectivity index (χ3n) is 4.59. The standard InChI is InChI=1S/C15H26N2O3/c1-3-7-15(13(18)19)8-4-9-17(11-15)14(20)16(2)10-12-5-6-12/h12H,3-11H2,1-2H3,(H,18,19). The molecule has 1 atom stereocenters. The van der Waals surface area contributed by atoms with Gasteiger partial charge in [0.2, 0.25) is 0 Å². The van der Waals surface area contributed by atoms with Crippen molar-refractivity contribution in [2.75, 3.05) is 26.7 Å². The highest BCUT2D eigenvalue weighted by Crippen LogP contribution is 2.36. The van der Waals surface area contributed by atoms with Crippen molar-refractivity contribution >= 4 is 12.0 Å². The molecule has 5 heteroatoms. The fraction of sp³-hybridized carbons (Fsp3) is 0.867. The number of piperidine rings is 1. The van der Waals surface area contributed by atoms with Crippen molar-refractivity contribution in [2.24, 2.45) is 11.3 Å². The highest BCUT2D eigenvalue weighted by atomic mass is 16.4. The molecule has 20 heavy (non-hydrogen) atoms. The summed E-state index contributed by atoms with van der Waals surface area (Å²) in [4.78, 5) is 27.6. The van der Waals surface area contributed by atoms with Crippen LogP contribution >= 0.6 is 0 Å². The Morgan fingerprint density at radius 2 is 2.10 bits per heavy atom. The summed E-state index contributed by atoms with van der Waals surface area (Å²) in [6, 6.07) is -0.00155. The van der Waals surface area contributed by atoms with Crippen molar-refractivity contribution in [2.45, 2.75) is 45.4 Å². The van der Waals surface area contributed by atoms with Crippen molar-refractivity contribution in [1.82, 2.24) is 9.80 Å². The number of likely N-dealkylation sites (tertiary alicyclic amines) is 1. The first kappa shape index (κ1) is 15.1. The Hall–Kier alpha value is -1.26. The number of rotatable bonds is 5. The van der Waals surface area contributed by atoms with E-state index in [9.17, 15) is 14.7 Å². The quantitative estimate of drug-likeness (QED) is 0.842. The molecule has 1 N–H and O–H groups in total. The van der Waals surface area contributed by atoms with Crippen LogP contribution in [0.15, 0.2) is 0 Å². The van der Waals surface area contributed by atoms with Gasteiger partial charge in [-0.1, -0.05) is 13.3 Å². The molecule has 0 aromatic carbocycles. The summed E-state index contributed by atoms with van der Waals surface area (Å²) in [7, 11) is 1.83. The van der Waals surface area contributed by atoms with E-state index < -0.39 is 11.4 Å². The SMILES string of the molecule is CCCC1(C(=O)O)CCCN(C(=O)N(C)CC2CC2)C1. The molecule has 2 fully saturated rings. The van der Waals surface area contributed by atoms with Gasteiger partial charge in [-0.15, -0.1) is 0 Å². The van der Waals surface area contributed by atoms with E-state index in [1.807, 2.05) is 14.0 Å². The zero-order valence-corrected chi connectivity index (χ0v) is 12.6. The average molecular weight is 282 g/mol. The fourth-order valence-corrected chi connectivity index (χ4v) is 3.27. The van der Waals surface area contributed by atoms with Crippen molar-refractivity contribution in [3.63, 3.8) is 0 Å². The van der Waals surface area contributed by atoms with Crippen molar-refractivity contribution < 1.29 is 14.7 Å². The number of hydrogen-bond acceptors (Lipinski definition) is 2. The van der Waals surface area contributed by atoms with E-state index in [4.69, 9.17) is 0 Å². The molecule has 1 unspecified atom stereocenters. The van der Waals surface area contributed by atoms with Gasteiger partial charge in [0.15, 0.2) is 0 Å². The van der Waals surface area contributed by atoms with E-state index in [1.165, 1.54) is 12.8 Å². The molecule has 0 spiro atoms. The molecule has 5 nitrogen and oxygen atoms in total. The predicted molar refractivity (Wildman–Crippen MR) is 76.5 cm³/mol. The van der Waals surface area contributed by atoms with Gasteiger partial charge in [0.25, 0.3) is 0 Å². The van der Waals surface area contributed by atoms with Crippen molar-refractivity contribution in [3.8, 4) is 0 Å². The van der Waals surface area contributed by atoms with Gasteiger partial charge in [0, 0.05) is 26.7 Å². The molecule has 0 radical (unpaired) electrons. The van der Waals surface area contributed by atoms with Crippen LogP contribution in [0, 0.1) is 11.3 Å². The summed E-state index contributed by atoms with van der Waals surface area (Å²) < 4.78 is 0. The summed E-state index contributed by atoms with van der Waals surface area (Å²) in [5, 5.41) is 9.56. The van der Waals surface area contributed by atoms with Crippen LogP contribution in [0.5, 0.6) is 0 Å². The summed E-state index contributed by atoms with van der Waals surface area (Å²) >= 11 is 0. The number of carbonyl (C=O) groups excluding carboxylic acids is 1. The minimum atomic E-state index is -0.748. The maximum absolute atomic E-state index is 12.4. The van der Waals surface area contributed by atoms with Crippen LogP contribution in [0.1, 0.15) is 45.4 Å². The molecular formula is C15H26N2O3. The summed E-state index contributed by atoms with van der Waals surface area (Å²) in [6.07, 6.45) is 5.39. The van der Waals surface area contributed by atoms with Crippen LogP contribution < -0.4 is 0 Å². The first-order valence-corrected chi connectivity index (χ1v) is 7.72. The first-order valence-electron chi connectivity index (χ1n) is 7.72. The summed E-state index contributed by atoms with van der Waals surface area (Å²) in [5.74, 6) is -0.0877. The number of aliphatic carboxylic acids is 1. The number of carbonyl (C=O) groups is 2. The maximum atomic E-state index is 12.4. The molecule has 0 bridgehead atoms. The smallest absolute Gasteiger partial charge is 0.319 e. The van der Waals surface area contributed by atoms with E-state index in [2.05, 4.69) is 0 Å². The first-order chi connectivity index (χ1) is 9.48. The van der Waals surface area contributed by atoms with Crippen LogP contribution in [0.25, 0.3) is 0 Å². The van der Waals surface area contributed by atoms with Crippen molar-refractivity contribution in [1.29, 1.82) is 0 Å². The third kappa shape index (κ3) is 3.25. The molecule has 1 aliphatic heterocycles. The molecule has 1 saturated carbocycles. The highest BCUT2D eigenvalue weighted by Gasteiger charge is 2.43. The number of hydrogen-bond donors (Lipinski definition) is 1. The Kier molecular flexibility index (Phi) is 4.55. The molecule has 0 aromatic rings. The van der Waals surface area contributed by atoms with Gasteiger partial charge in [0.1, 0.15) is 0 Å². The molecule has 1 aliphatic carbocycles. The van der Waals surface area contributed by atoms with Gasteiger partial charge in [-0.25, -0.2) is 4.79 Å². The van der Waals surface area contributed by atoms with E-state index in [0.29, 0.717) is 31.8 Å². The molecule has 1 saturated heterocycles. The van der Waals surface area contributed by atoms with Gasteiger partial charge in [-0.3, -0.25) is 4.79 Å². The monoisotopic (exact) mass is 282 g/mol. The zero-order chi connectivity index (χ0) is 14.8. The summed E-state index contributed by atoms with van der Waals surface area (Å²) in [6.45, 7) is 3.87. The molecule has 0 aromatic heterocycles. The Labute approximate surface area is 120 Å². The average Bonchev–Trinajstić information content (AvgIpc) is 3.22. The normalized spacial score (nSPS) is 26.4. The van der Waals surface area contributed by atoms with Crippen LogP contribution in [0.2, 0.25) is 0 Å². The lowest BCUT2D eigenvalue weighted by Crippen LogP contribution is -2.53. The number of carboxylic acid groups (broad SMARTS) is 1. The number of nitrogens with zero attached hydrogens (tertiary/aromatic N) is 2. The van der Waals surface area contributed by atoms with Gasteiger partial charge in [-0.2, -0.15) is 0 Å². The molecule has 2 aliphatic rings. The Morgan fingerprint density at radius 1 is 1.40 bits per heavy atom. The summed E-state index contributed by atoms with van der Waals surface area (Å²) in [5.41, 5.74) is -0.733. The second-order valence-electron chi connectivity index (χ2n) is 6.47. The maximum Gasteiger partial charge on any atom is 0.319 e. The van der Waals surface area contributed by atoms with Crippen molar-refractivity contribution in [3.05, 3.63) is 0 Å². The number of urea groups is 1. The van der Waals surface area contributed by atoms with Crippen LogP contribution in [-0.4, -0.2) is 53.6 Å². The van der Waals surface area contributed by atoms with E-state index in [1.54, 1.807) is 9.80 Å². The van der Waals surface area contributed by atoms with Gasteiger partial charge >= 0.3 is 12.0 Å². The number of amides is 2. The Bertz CT molecular complexity index is 377. The lowest BCUT2D eigenvalue weighted by atomic mass is 9.76. The minimum Gasteiger partial charge on any atom is -0.481 e. The Balaban J connectivity index is 2.00. The molecule has 2 amide bonds. The van der Waals surface area contributed by atoms with E-state index in [-0.39, 0.29) is 6.03 Å². The molecule has 1 heterocycles. The predicted octanol–water partition coefficient (Wildman–Crippen LogP) is 2.42. The second-order valence-corrected chi connectivity index (χ2v) is 6.47. The van der Waals surface area contributed by atoms with Gasteiger partial charge in [-0.05, 0) is 38.0 Å². The minimum absolute atomic E-state index is 0.00155. The van der Waals surface area contributed by atoms with Crippen LogP contribution in [0.3, 0.4) is 0 Å². The highest BCUT2D eigenvalue weighted by molar-refractivity contribution is 5.78. The lowest BCUT2D eigenvalue weighted by molar-refractivity contribution is -0.152. The lowest BCUT2D eigenvalue weighted by Gasteiger charge is -2.41. The van der Waals surface area contributed by atoms with E-state index in [0.717, 1.165) is 19.4 Å². The third-order valence-corrected chi connectivity index (χ3v) is 4.59. The van der Waals surface area contributed by atoms with Gasteiger partial charge in [0.05, 0.1) is 5.41 Å². The molecular weight excluding hydrogens is 256 g/mol. The Morgan fingerprint density at radius 3 is 2.65 bits per heavy atom. The topological polar surface area (TPSA) is 60.9 Å². The number of carboxylic acids is 1. The second kappa shape index (κ2) is 6.02. The van der Waals surface area contributed by atoms with Crippen LogP contribution in [-0.2, 0) is 4.79 Å². The van der Waals surface area contributed by atoms with E-state index >= 15 is 0 Å². The zero-order valence-electron chi connectivity index (χ0n) is 12.6. The molecule has 2 rings (SSSR count).